The number of halogens is 2. The van der Waals surface area contributed by atoms with Crippen molar-refractivity contribution in [1.29, 1.82) is 0 Å². The van der Waals surface area contributed by atoms with Crippen LogP contribution in [0.25, 0.3) is 0 Å². The van der Waals surface area contributed by atoms with Crippen LogP contribution >= 0.6 is 24.8 Å². The minimum Gasteiger partial charge on any atom is -0.495 e. The molecule has 1 unspecified atom stereocenters. The van der Waals surface area contributed by atoms with Crippen molar-refractivity contribution in [3.8, 4) is 11.5 Å². The van der Waals surface area contributed by atoms with E-state index in [1.54, 1.807) is 7.11 Å². The lowest BCUT2D eigenvalue weighted by Crippen LogP contribution is -2.49. The second kappa shape index (κ2) is 12.3. The van der Waals surface area contributed by atoms with Gasteiger partial charge in [-0.3, -0.25) is 4.90 Å². The van der Waals surface area contributed by atoms with Gasteiger partial charge in [-0.2, -0.15) is 0 Å². The first kappa shape index (κ1) is 26.4. The largest absolute Gasteiger partial charge is 0.495 e. The van der Waals surface area contributed by atoms with E-state index in [1.165, 1.54) is 11.1 Å². The molecule has 0 aromatic heterocycles. The smallest absolute Gasteiger partial charge is 0.142 e. The number of hydrogen-bond donors (Lipinski definition) is 1. The zero-order valence-electron chi connectivity index (χ0n) is 18.3. The van der Waals surface area contributed by atoms with Crippen molar-refractivity contribution in [2.75, 3.05) is 51.3 Å². The molecular weight excluding hydrogens is 423 g/mol. The van der Waals surface area contributed by atoms with Crippen LogP contribution in [0.4, 0.5) is 5.69 Å². The number of aryl methyl sites for hydroxylation is 2. The molecule has 30 heavy (non-hydrogen) atoms. The molecule has 0 spiro atoms. The molecule has 1 aliphatic heterocycles. The topological polar surface area (TPSA) is 45.2 Å². The van der Waals surface area contributed by atoms with E-state index >= 15 is 0 Å². The third kappa shape index (κ3) is 6.67. The van der Waals surface area contributed by atoms with Gasteiger partial charge in [0.05, 0.1) is 12.8 Å². The molecule has 0 amide bonds. The van der Waals surface area contributed by atoms with Crippen LogP contribution in [0.5, 0.6) is 11.5 Å². The number of nitrogens with zero attached hydrogens (tertiary/aromatic N) is 2. The number of anilines is 1. The molecular formula is C23H34Cl2N2O3. The number of hydrogen-bond acceptors (Lipinski definition) is 5. The summed E-state index contributed by atoms with van der Waals surface area (Å²) in [4.78, 5) is 4.64. The SMILES string of the molecule is COc1ccccc1N1CCN(CC(O)COc2cc(C)cc(C)c2C)CC1.Cl.Cl. The van der Waals surface area contributed by atoms with Gasteiger partial charge in [-0.15, -0.1) is 24.8 Å². The maximum atomic E-state index is 10.5. The van der Waals surface area contributed by atoms with Gasteiger partial charge < -0.3 is 19.5 Å². The highest BCUT2D eigenvalue weighted by Crippen LogP contribution is 2.28. The standard InChI is InChI=1S/C23H32N2O3.2ClH/c1-17-13-18(2)19(3)23(14-17)28-16-20(26)15-24-9-11-25(12-10-24)21-7-5-6-8-22(21)27-4;;/h5-8,13-14,20,26H,9-12,15-16H2,1-4H3;2*1H. The van der Waals surface area contributed by atoms with Crippen molar-refractivity contribution in [1.82, 2.24) is 4.90 Å². The Bertz CT molecular complexity index is 796. The van der Waals surface area contributed by atoms with E-state index in [0.29, 0.717) is 13.2 Å². The van der Waals surface area contributed by atoms with Gasteiger partial charge in [0.25, 0.3) is 0 Å². The number of piperazine rings is 1. The third-order valence-electron chi connectivity index (χ3n) is 5.46. The fourth-order valence-electron chi connectivity index (χ4n) is 3.75. The molecule has 0 aliphatic carbocycles. The van der Waals surface area contributed by atoms with Crippen LogP contribution < -0.4 is 14.4 Å². The third-order valence-corrected chi connectivity index (χ3v) is 5.46. The Labute approximate surface area is 192 Å². The van der Waals surface area contributed by atoms with E-state index in [0.717, 1.165) is 48.9 Å². The lowest BCUT2D eigenvalue weighted by Gasteiger charge is -2.37. The first-order valence-corrected chi connectivity index (χ1v) is 9.97. The van der Waals surface area contributed by atoms with Crippen LogP contribution in [0.1, 0.15) is 16.7 Å². The van der Waals surface area contributed by atoms with Crippen LogP contribution in [-0.2, 0) is 0 Å². The van der Waals surface area contributed by atoms with Crippen molar-refractivity contribution in [3.05, 3.63) is 53.1 Å². The van der Waals surface area contributed by atoms with Gasteiger partial charge in [0.15, 0.2) is 0 Å². The summed E-state index contributed by atoms with van der Waals surface area (Å²) < 4.78 is 11.4. The summed E-state index contributed by atoms with van der Waals surface area (Å²) in [7, 11) is 1.71. The number of para-hydroxylation sites is 2. The highest BCUT2D eigenvalue weighted by molar-refractivity contribution is 5.85. The summed E-state index contributed by atoms with van der Waals surface area (Å²) in [5, 5.41) is 10.5. The fourth-order valence-corrected chi connectivity index (χ4v) is 3.75. The van der Waals surface area contributed by atoms with E-state index < -0.39 is 6.10 Å². The van der Waals surface area contributed by atoms with Crippen LogP contribution in [0.15, 0.2) is 36.4 Å². The predicted molar refractivity (Wildman–Crippen MR) is 128 cm³/mol. The number of rotatable bonds is 7. The molecule has 1 atom stereocenters. The number of β-amino-alcohol motifs (C(OH)–C–C–N with tert-alkyl or cyclic N) is 1. The zero-order chi connectivity index (χ0) is 20.1. The molecule has 7 heteroatoms. The van der Waals surface area contributed by atoms with Crippen LogP contribution in [-0.4, -0.2) is 62.6 Å². The maximum absolute atomic E-state index is 10.5. The first-order valence-electron chi connectivity index (χ1n) is 9.97. The Morgan fingerprint density at radius 3 is 2.30 bits per heavy atom. The van der Waals surface area contributed by atoms with E-state index in [1.807, 2.05) is 24.3 Å². The Kier molecular flexibility index (Phi) is 10.8. The van der Waals surface area contributed by atoms with Crippen molar-refractivity contribution in [2.45, 2.75) is 26.9 Å². The minimum absolute atomic E-state index is 0. The van der Waals surface area contributed by atoms with Crippen LogP contribution in [0, 0.1) is 20.8 Å². The summed E-state index contributed by atoms with van der Waals surface area (Å²) in [6.07, 6.45) is -0.502. The van der Waals surface area contributed by atoms with E-state index in [9.17, 15) is 5.11 Å². The second-order valence-corrected chi connectivity index (χ2v) is 7.63. The normalized spacial score (nSPS) is 15.0. The van der Waals surface area contributed by atoms with Gasteiger partial charge in [0.1, 0.15) is 24.2 Å². The zero-order valence-corrected chi connectivity index (χ0v) is 19.9. The Hall–Kier alpha value is -1.66. The summed E-state index contributed by atoms with van der Waals surface area (Å²) >= 11 is 0. The predicted octanol–water partition coefficient (Wildman–Crippen LogP) is 4.03. The van der Waals surface area contributed by atoms with Crippen molar-refractivity contribution >= 4 is 30.5 Å². The van der Waals surface area contributed by atoms with Gasteiger partial charge in [0.2, 0.25) is 0 Å². The molecule has 168 valence electrons. The number of aliphatic hydroxyl groups is 1. The number of methoxy groups -OCH3 is 1. The minimum atomic E-state index is -0.502. The second-order valence-electron chi connectivity index (χ2n) is 7.63. The van der Waals surface area contributed by atoms with Gasteiger partial charge >= 0.3 is 0 Å². The van der Waals surface area contributed by atoms with E-state index in [4.69, 9.17) is 9.47 Å². The molecule has 1 aliphatic rings. The molecule has 2 aromatic carbocycles. The lowest BCUT2D eigenvalue weighted by molar-refractivity contribution is 0.0660. The molecule has 1 N–H and O–H groups in total. The monoisotopic (exact) mass is 456 g/mol. The average Bonchev–Trinajstić information content (AvgIpc) is 2.70. The molecule has 0 radical (unpaired) electrons. The highest BCUT2D eigenvalue weighted by Gasteiger charge is 2.21. The number of aliphatic hydroxyl groups excluding tert-OH is 1. The molecule has 0 bridgehead atoms. The lowest BCUT2D eigenvalue weighted by atomic mass is 10.1. The summed E-state index contributed by atoms with van der Waals surface area (Å²) in [5.74, 6) is 1.78. The maximum Gasteiger partial charge on any atom is 0.142 e. The van der Waals surface area contributed by atoms with Gasteiger partial charge in [-0.05, 0) is 55.7 Å². The van der Waals surface area contributed by atoms with E-state index in [2.05, 4.69) is 42.7 Å². The van der Waals surface area contributed by atoms with Gasteiger partial charge in [-0.25, -0.2) is 0 Å². The number of benzene rings is 2. The molecule has 1 saturated heterocycles. The molecule has 5 nitrogen and oxygen atoms in total. The van der Waals surface area contributed by atoms with Crippen molar-refractivity contribution < 1.29 is 14.6 Å². The van der Waals surface area contributed by atoms with Crippen LogP contribution in [0.3, 0.4) is 0 Å². The van der Waals surface area contributed by atoms with Crippen molar-refractivity contribution in [3.63, 3.8) is 0 Å². The summed E-state index contributed by atoms with van der Waals surface area (Å²) in [6.45, 7) is 10.8. The van der Waals surface area contributed by atoms with Gasteiger partial charge in [0, 0.05) is 32.7 Å². The fraction of sp³-hybridized carbons (Fsp3) is 0.478. The molecule has 1 fully saturated rings. The highest BCUT2D eigenvalue weighted by atomic mass is 35.5. The van der Waals surface area contributed by atoms with Crippen LogP contribution in [0.2, 0.25) is 0 Å². The Balaban J connectivity index is 0.00000225. The Morgan fingerprint density at radius 1 is 0.967 bits per heavy atom. The Morgan fingerprint density at radius 2 is 1.63 bits per heavy atom. The quantitative estimate of drug-likeness (QED) is 0.681. The number of ether oxygens (including phenoxy) is 2. The van der Waals surface area contributed by atoms with Gasteiger partial charge in [-0.1, -0.05) is 18.2 Å². The average molecular weight is 457 g/mol. The summed E-state index contributed by atoms with van der Waals surface area (Å²) in [5.41, 5.74) is 4.68. The summed E-state index contributed by atoms with van der Waals surface area (Å²) in [6, 6.07) is 12.3. The molecule has 3 rings (SSSR count). The first-order chi connectivity index (χ1) is 13.5. The molecule has 0 saturated carbocycles. The molecule has 2 aromatic rings. The van der Waals surface area contributed by atoms with Crippen molar-refractivity contribution in [2.24, 2.45) is 0 Å². The van der Waals surface area contributed by atoms with E-state index in [-0.39, 0.29) is 24.8 Å². The molecule has 1 heterocycles.